The summed E-state index contributed by atoms with van der Waals surface area (Å²) >= 11 is 0. The molecule has 128 valence electrons. The van der Waals surface area contributed by atoms with E-state index in [2.05, 4.69) is 19.2 Å². The van der Waals surface area contributed by atoms with Crippen LogP contribution in [0.4, 0.5) is 5.69 Å². The van der Waals surface area contributed by atoms with Crippen molar-refractivity contribution in [3.63, 3.8) is 0 Å². The number of para-hydroxylation sites is 1. The predicted molar refractivity (Wildman–Crippen MR) is 104 cm³/mol. The Kier molecular flexibility index (Phi) is 5.44. The summed E-state index contributed by atoms with van der Waals surface area (Å²) in [7, 11) is 0. The molecule has 0 fully saturated rings. The first-order valence-electron chi connectivity index (χ1n) is 8.97. The van der Waals surface area contributed by atoms with E-state index >= 15 is 0 Å². The Morgan fingerprint density at radius 2 is 1.72 bits per heavy atom. The van der Waals surface area contributed by atoms with E-state index in [9.17, 15) is 4.79 Å². The third-order valence-corrected chi connectivity index (χ3v) is 4.39. The van der Waals surface area contributed by atoms with Crippen LogP contribution in [0.15, 0.2) is 54.6 Å². The first-order valence-corrected chi connectivity index (χ1v) is 8.97. The molecular formula is C22H24N2O. The van der Waals surface area contributed by atoms with Crippen LogP contribution < -0.4 is 5.32 Å². The van der Waals surface area contributed by atoms with Gasteiger partial charge in [-0.1, -0.05) is 68.8 Å². The fourth-order valence-electron chi connectivity index (χ4n) is 3.23. The number of hydrogen-bond acceptors (Lipinski definition) is 2. The van der Waals surface area contributed by atoms with E-state index in [1.807, 2.05) is 54.6 Å². The third-order valence-electron chi connectivity index (χ3n) is 4.39. The second-order valence-electron chi connectivity index (χ2n) is 6.24. The summed E-state index contributed by atoms with van der Waals surface area (Å²) in [5.41, 5.74) is 5.14. The fourth-order valence-corrected chi connectivity index (χ4v) is 3.23. The lowest BCUT2D eigenvalue weighted by molar-refractivity contribution is -0.115. The average molecular weight is 332 g/mol. The van der Waals surface area contributed by atoms with Crippen LogP contribution in [0.3, 0.4) is 0 Å². The third kappa shape index (κ3) is 3.87. The van der Waals surface area contributed by atoms with Crippen LogP contribution in [0.2, 0.25) is 0 Å². The van der Waals surface area contributed by atoms with Gasteiger partial charge in [-0.2, -0.15) is 0 Å². The van der Waals surface area contributed by atoms with Crippen LogP contribution in [0, 0.1) is 0 Å². The predicted octanol–water partition coefficient (Wildman–Crippen LogP) is 4.93. The molecule has 0 aliphatic heterocycles. The lowest BCUT2D eigenvalue weighted by Gasteiger charge is -2.17. The summed E-state index contributed by atoms with van der Waals surface area (Å²) in [6.45, 7) is 4.28. The first-order chi connectivity index (χ1) is 12.2. The number of fused-ring (bicyclic) bond motifs is 1. The van der Waals surface area contributed by atoms with Gasteiger partial charge in [0.1, 0.15) is 0 Å². The molecule has 1 amide bonds. The smallest absolute Gasteiger partial charge is 0.228 e. The van der Waals surface area contributed by atoms with Crippen LogP contribution in [0.25, 0.3) is 10.9 Å². The van der Waals surface area contributed by atoms with Crippen LogP contribution in [-0.4, -0.2) is 10.9 Å². The number of aryl methyl sites for hydroxylation is 1. The van der Waals surface area contributed by atoms with Crippen molar-refractivity contribution in [3.8, 4) is 0 Å². The van der Waals surface area contributed by atoms with Crippen molar-refractivity contribution in [1.82, 2.24) is 4.98 Å². The van der Waals surface area contributed by atoms with E-state index in [1.165, 1.54) is 0 Å². The summed E-state index contributed by atoms with van der Waals surface area (Å²) in [6.07, 6.45) is 3.20. The van der Waals surface area contributed by atoms with Crippen molar-refractivity contribution < 1.29 is 4.79 Å². The molecule has 1 N–H and O–H groups in total. The highest BCUT2D eigenvalue weighted by atomic mass is 16.1. The maximum absolute atomic E-state index is 12.6. The Morgan fingerprint density at radius 1 is 1.00 bits per heavy atom. The fraction of sp³-hybridized carbons (Fsp3) is 0.273. The van der Waals surface area contributed by atoms with E-state index in [0.717, 1.165) is 52.7 Å². The number of anilines is 1. The second kappa shape index (κ2) is 7.93. The summed E-state index contributed by atoms with van der Waals surface area (Å²) in [5.74, 6) is 0.0136. The minimum absolute atomic E-state index is 0.0136. The SMILES string of the molecule is CCCc1nc2ccccc2c(NC(=O)Cc2ccccc2)c1CC. The van der Waals surface area contributed by atoms with E-state index in [-0.39, 0.29) is 5.91 Å². The minimum atomic E-state index is 0.0136. The normalized spacial score (nSPS) is 10.8. The molecule has 0 bridgehead atoms. The number of carbonyl (C=O) groups is 1. The van der Waals surface area contributed by atoms with E-state index in [4.69, 9.17) is 4.98 Å². The van der Waals surface area contributed by atoms with Gasteiger partial charge in [0.2, 0.25) is 5.91 Å². The van der Waals surface area contributed by atoms with Gasteiger partial charge in [0.05, 0.1) is 17.6 Å². The summed E-state index contributed by atoms with van der Waals surface area (Å²) in [5, 5.41) is 4.19. The molecule has 25 heavy (non-hydrogen) atoms. The van der Waals surface area contributed by atoms with Gasteiger partial charge in [0.25, 0.3) is 0 Å². The number of aromatic nitrogens is 1. The minimum Gasteiger partial charge on any atom is -0.325 e. The summed E-state index contributed by atoms with van der Waals surface area (Å²) in [4.78, 5) is 17.5. The van der Waals surface area contributed by atoms with Gasteiger partial charge >= 0.3 is 0 Å². The second-order valence-corrected chi connectivity index (χ2v) is 6.24. The molecule has 3 heteroatoms. The number of nitrogens with zero attached hydrogens (tertiary/aromatic N) is 1. The van der Waals surface area contributed by atoms with Crippen LogP contribution in [0.5, 0.6) is 0 Å². The van der Waals surface area contributed by atoms with Gasteiger partial charge in [-0.3, -0.25) is 9.78 Å². The van der Waals surface area contributed by atoms with Crippen molar-refractivity contribution >= 4 is 22.5 Å². The molecule has 3 nitrogen and oxygen atoms in total. The topological polar surface area (TPSA) is 42.0 Å². The highest BCUT2D eigenvalue weighted by molar-refractivity contribution is 6.03. The van der Waals surface area contributed by atoms with E-state index < -0.39 is 0 Å². The standard InChI is InChI=1S/C22H24N2O/c1-3-10-19-17(4-2)22(18-13-8-9-14-20(18)23-19)24-21(25)15-16-11-6-5-7-12-16/h5-9,11-14H,3-4,10,15H2,1-2H3,(H,23,24,25). The van der Waals surface area contributed by atoms with Crippen molar-refractivity contribution in [3.05, 3.63) is 71.4 Å². The largest absolute Gasteiger partial charge is 0.325 e. The molecule has 0 spiro atoms. The number of amides is 1. The van der Waals surface area contributed by atoms with Crippen LogP contribution in [0.1, 0.15) is 37.1 Å². The maximum Gasteiger partial charge on any atom is 0.228 e. The Balaban J connectivity index is 1.99. The van der Waals surface area contributed by atoms with Crippen LogP contribution >= 0.6 is 0 Å². The van der Waals surface area contributed by atoms with Gasteiger partial charge in [0, 0.05) is 11.1 Å². The molecule has 3 rings (SSSR count). The first kappa shape index (κ1) is 17.2. The molecule has 3 aromatic rings. The Morgan fingerprint density at radius 3 is 2.44 bits per heavy atom. The van der Waals surface area contributed by atoms with Crippen LogP contribution in [-0.2, 0) is 24.1 Å². The van der Waals surface area contributed by atoms with Crippen molar-refractivity contribution in [2.45, 2.75) is 39.5 Å². The van der Waals surface area contributed by atoms with Crippen molar-refractivity contribution in [2.75, 3.05) is 5.32 Å². The molecule has 1 aromatic heterocycles. The summed E-state index contributed by atoms with van der Waals surface area (Å²) in [6, 6.07) is 17.9. The molecular weight excluding hydrogens is 308 g/mol. The zero-order valence-corrected chi connectivity index (χ0v) is 14.9. The Hall–Kier alpha value is -2.68. The highest BCUT2D eigenvalue weighted by Crippen LogP contribution is 2.30. The van der Waals surface area contributed by atoms with E-state index in [0.29, 0.717) is 6.42 Å². The number of pyridine rings is 1. The molecule has 0 saturated heterocycles. The number of nitrogens with one attached hydrogen (secondary N) is 1. The quantitative estimate of drug-likeness (QED) is 0.695. The Bertz CT molecular complexity index is 872. The summed E-state index contributed by atoms with van der Waals surface area (Å²) < 4.78 is 0. The molecule has 0 unspecified atom stereocenters. The average Bonchev–Trinajstić information content (AvgIpc) is 2.63. The van der Waals surface area contributed by atoms with Gasteiger partial charge in [-0.15, -0.1) is 0 Å². The van der Waals surface area contributed by atoms with Gasteiger partial charge in [-0.25, -0.2) is 0 Å². The maximum atomic E-state index is 12.6. The number of hydrogen-bond donors (Lipinski definition) is 1. The Labute approximate surface area is 149 Å². The highest BCUT2D eigenvalue weighted by Gasteiger charge is 2.15. The van der Waals surface area contributed by atoms with Crippen molar-refractivity contribution in [2.24, 2.45) is 0 Å². The molecule has 0 aliphatic carbocycles. The van der Waals surface area contributed by atoms with Gasteiger partial charge in [-0.05, 0) is 30.0 Å². The molecule has 0 atom stereocenters. The molecule has 2 aromatic carbocycles. The molecule has 0 radical (unpaired) electrons. The van der Waals surface area contributed by atoms with Crippen molar-refractivity contribution in [1.29, 1.82) is 0 Å². The number of rotatable bonds is 6. The van der Waals surface area contributed by atoms with E-state index in [1.54, 1.807) is 0 Å². The monoisotopic (exact) mass is 332 g/mol. The van der Waals surface area contributed by atoms with Gasteiger partial charge < -0.3 is 5.32 Å². The number of benzene rings is 2. The molecule has 1 heterocycles. The molecule has 0 aliphatic rings. The lowest BCUT2D eigenvalue weighted by Crippen LogP contribution is -2.17. The lowest BCUT2D eigenvalue weighted by atomic mass is 10.0. The number of carbonyl (C=O) groups excluding carboxylic acids is 1. The molecule has 0 saturated carbocycles. The van der Waals surface area contributed by atoms with Gasteiger partial charge in [0.15, 0.2) is 0 Å². The zero-order valence-electron chi connectivity index (χ0n) is 14.9. The zero-order chi connectivity index (χ0) is 17.6.